The molecular formula is C14H12F3NO. The first-order valence-corrected chi connectivity index (χ1v) is 5.77. The Bertz CT molecular complexity index is 586. The van der Waals surface area contributed by atoms with E-state index >= 15 is 0 Å². The smallest absolute Gasteiger partial charge is 0.141 e. The first-order valence-electron chi connectivity index (χ1n) is 5.77. The van der Waals surface area contributed by atoms with Crippen molar-refractivity contribution < 1.29 is 18.3 Å². The molecule has 1 aromatic heterocycles. The number of rotatable bonds is 3. The zero-order chi connectivity index (χ0) is 14.0. The molecule has 2 rings (SSSR count). The van der Waals surface area contributed by atoms with E-state index in [0.717, 1.165) is 18.3 Å². The van der Waals surface area contributed by atoms with Gasteiger partial charge in [0.05, 0.1) is 11.9 Å². The molecule has 1 aromatic carbocycles. The highest BCUT2D eigenvalue weighted by molar-refractivity contribution is 5.33. The van der Waals surface area contributed by atoms with Crippen molar-refractivity contribution in [1.29, 1.82) is 0 Å². The van der Waals surface area contributed by atoms with Gasteiger partial charge in [-0.1, -0.05) is 6.92 Å². The van der Waals surface area contributed by atoms with E-state index in [1.165, 1.54) is 12.1 Å². The van der Waals surface area contributed by atoms with E-state index < -0.39 is 23.1 Å². The minimum atomic E-state index is -1.72. The predicted octanol–water partition coefficient (Wildman–Crippen LogP) is 3.14. The second-order valence-electron chi connectivity index (χ2n) is 4.20. The number of hydrogen-bond donors (Lipinski definition) is 1. The van der Waals surface area contributed by atoms with Crippen molar-refractivity contribution in [2.24, 2.45) is 0 Å². The molecule has 1 unspecified atom stereocenters. The largest absolute Gasteiger partial charge is 0.379 e. The summed E-state index contributed by atoms with van der Waals surface area (Å²) < 4.78 is 39.5. The highest BCUT2D eigenvalue weighted by Crippen LogP contribution is 2.33. The van der Waals surface area contributed by atoms with Crippen molar-refractivity contribution in [1.82, 2.24) is 4.98 Å². The number of benzene rings is 1. The molecular weight excluding hydrogens is 255 g/mol. The van der Waals surface area contributed by atoms with Crippen LogP contribution in [0.25, 0.3) is 0 Å². The van der Waals surface area contributed by atoms with Crippen LogP contribution in [0.5, 0.6) is 0 Å². The van der Waals surface area contributed by atoms with Gasteiger partial charge in [0, 0.05) is 11.6 Å². The molecule has 0 spiro atoms. The molecule has 100 valence electrons. The Balaban J connectivity index is 2.56. The molecule has 2 aromatic rings. The summed E-state index contributed by atoms with van der Waals surface area (Å²) in [5, 5.41) is 10.6. The summed E-state index contributed by atoms with van der Waals surface area (Å²) in [6.45, 7) is 1.63. The third kappa shape index (κ3) is 2.46. The third-order valence-electron chi connectivity index (χ3n) is 3.04. The van der Waals surface area contributed by atoms with Gasteiger partial charge >= 0.3 is 0 Å². The molecule has 19 heavy (non-hydrogen) atoms. The highest BCUT2D eigenvalue weighted by atomic mass is 19.1. The molecule has 0 saturated heterocycles. The molecule has 0 radical (unpaired) electrons. The molecule has 1 heterocycles. The van der Waals surface area contributed by atoms with Crippen LogP contribution in [-0.2, 0) is 5.60 Å². The number of aliphatic hydroxyl groups is 1. The van der Waals surface area contributed by atoms with Gasteiger partial charge in [0.25, 0.3) is 0 Å². The van der Waals surface area contributed by atoms with Gasteiger partial charge in [-0.05, 0) is 30.7 Å². The van der Waals surface area contributed by atoms with E-state index in [0.29, 0.717) is 6.07 Å². The maximum Gasteiger partial charge on any atom is 0.141 e. The summed E-state index contributed by atoms with van der Waals surface area (Å²) >= 11 is 0. The Morgan fingerprint density at radius 2 is 1.79 bits per heavy atom. The van der Waals surface area contributed by atoms with Crippen LogP contribution in [0.1, 0.15) is 24.6 Å². The van der Waals surface area contributed by atoms with Crippen LogP contribution in [0.4, 0.5) is 13.2 Å². The molecule has 0 amide bonds. The second-order valence-corrected chi connectivity index (χ2v) is 4.20. The average Bonchev–Trinajstić information content (AvgIpc) is 2.38. The Labute approximate surface area is 108 Å². The van der Waals surface area contributed by atoms with Gasteiger partial charge < -0.3 is 5.11 Å². The minimum absolute atomic E-state index is 0.0875. The van der Waals surface area contributed by atoms with Gasteiger partial charge in [-0.2, -0.15) is 0 Å². The molecule has 5 heteroatoms. The van der Waals surface area contributed by atoms with Gasteiger partial charge in [0.2, 0.25) is 0 Å². The molecule has 0 bridgehead atoms. The van der Waals surface area contributed by atoms with E-state index in [9.17, 15) is 18.3 Å². The van der Waals surface area contributed by atoms with Crippen molar-refractivity contribution in [3.8, 4) is 0 Å². The van der Waals surface area contributed by atoms with E-state index in [4.69, 9.17) is 0 Å². The summed E-state index contributed by atoms with van der Waals surface area (Å²) in [6, 6.07) is 5.33. The van der Waals surface area contributed by atoms with Crippen LogP contribution < -0.4 is 0 Å². The summed E-state index contributed by atoms with van der Waals surface area (Å²) in [5.74, 6) is -2.15. The first kappa shape index (κ1) is 13.5. The predicted molar refractivity (Wildman–Crippen MR) is 63.8 cm³/mol. The summed E-state index contributed by atoms with van der Waals surface area (Å²) in [6.07, 6.45) is 1.06. The fraction of sp³-hybridized carbons (Fsp3) is 0.214. The van der Waals surface area contributed by atoms with Gasteiger partial charge in [-0.25, -0.2) is 13.2 Å². The Hall–Kier alpha value is -1.88. The van der Waals surface area contributed by atoms with Crippen LogP contribution in [0.3, 0.4) is 0 Å². The Morgan fingerprint density at radius 3 is 2.32 bits per heavy atom. The van der Waals surface area contributed by atoms with Crippen LogP contribution in [0.2, 0.25) is 0 Å². The third-order valence-corrected chi connectivity index (χ3v) is 3.04. The van der Waals surface area contributed by atoms with E-state index in [-0.39, 0.29) is 17.7 Å². The van der Waals surface area contributed by atoms with Crippen LogP contribution >= 0.6 is 0 Å². The average molecular weight is 267 g/mol. The molecule has 0 aliphatic rings. The van der Waals surface area contributed by atoms with Crippen molar-refractivity contribution in [2.75, 3.05) is 0 Å². The van der Waals surface area contributed by atoms with Crippen molar-refractivity contribution in [3.63, 3.8) is 0 Å². The quantitative estimate of drug-likeness (QED) is 0.926. The van der Waals surface area contributed by atoms with Gasteiger partial charge in [-0.3, -0.25) is 4.98 Å². The van der Waals surface area contributed by atoms with E-state index in [1.54, 1.807) is 6.92 Å². The standard InChI is InChI=1S/C14H12F3NO/c1-2-14(19,13-6-4-10(16)8-18-13)11-5-3-9(15)7-12(11)17/h3-8,19H,2H2,1H3. The SMILES string of the molecule is CCC(O)(c1ccc(F)cn1)c1ccc(F)cc1F. The number of nitrogens with zero attached hydrogens (tertiary/aromatic N) is 1. The maximum atomic E-state index is 13.8. The Kier molecular flexibility index (Phi) is 3.57. The lowest BCUT2D eigenvalue weighted by Crippen LogP contribution is -2.29. The lowest BCUT2D eigenvalue weighted by Gasteiger charge is -2.27. The van der Waals surface area contributed by atoms with Gasteiger partial charge in [0.15, 0.2) is 0 Å². The zero-order valence-electron chi connectivity index (χ0n) is 10.2. The molecule has 0 aliphatic carbocycles. The van der Waals surface area contributed by atoms with E-state index in [1.807, 2.05) is 0 Å². The fourth-order valence-electron chi connectivity index (χ4n) is 1.95. The minimum Gasteiger partial charge on any atom is -0.379 e. The molecule has 1 atom stereocenters. The summed E-state index contributed by atoms with van der Waals surface area (Å²) in [5.41, 5.74) is -1.69. The van der Waals surface area contributed by atoms with Crippen molar-refractivity contribution in [3.05, 3.63) is 65.2 Å². The first-order chi connectivity index (χ1) is 8.97. The zero-order valence-corrected chi connectivity index (χ0v) is 10.2. The number of pyridine rings is 1. The normalized spacial score (nSPS) is 14.2. The van der Waals surface area contributed by atoms with E-state index in [2.05, 4.69) is 4.98 Å². The summed E-state index contributed by atoms with van der Waals surface area (Å²) in [7, 11) is 0. The monoisotopic (exact) mass is 267 g/mol. The second kappa shape index (κ2) is 5.01. The molecule has 1 N–H and O–H groups in total. The highest BCUT2D eigenvalue weighted by Gasteiger charge is 2.33. The lowest BCUT2D eigenvalue weighted by molar-refractivity contribution is 0.0677. The number of hydrogen-bond acceptors (Lipinski definition) is 2. The van der Waals surface area contributed by atoms with Crippen LogP contribution in [-0.4, -0.2) is 10.1 Å². The fourth-order valence-corrected chi connectivity index (χ4v) is 1.95. The topological polar surface area (TPSA) is 33.1 Å². The van der Waals surface area contributed by atoms with Gasteiger partial charge in [0.1, 0.15) is 23.1 Å². The number of aromatic nitrogens is 1. The number of halogens is 3. The lowest BCUT2D eigenvalue weighted by atomic mass is 9.87. The van der Waals surface area contributed by atoms with Crippen LogP contribution in [0, 0.1) is 17.5 Å². The maximum absolute atomic E-state index is 13.8. The molecule has 0 aliphatic heterocycles. The van der Waals surface area contributed by atoms with Crippen molar-refractivity contribution >= 4 is 0 Å². The molecule has 0 fully saturated rings. The molecule has 0 saturated carbocycles. The summed E-state index contributed by atoms with van der Waals surface area (Å²) in [4.78, 5) is 3.78. The Morgan fingerprint density at radius 1 is 1.11 bits per heavy atom. The van der Waals surface area contributed by atoms with Crippen LogP contribution in [0.15, 0.2) is 36.5 Å². The van der Waals surface area contributed by atoms with Crippen molar-refractivity contribution in [2.45, 2.75) is 18.9 Å². The van der Waals surface area contributed by atoms with Gasteiger partial charge in [-0.15, -0.1) is 0 Å². The molecule has 2 nitrogen and oxygen atoms in total.